The van der Waals surface area contributed by atoms with Crippen molar-refractivity contribution in [3.8, 4) is 0 Å². The topological polar surface area (TPSA) is 87.5 Å². The molecule has 2 amide bonds. The number of hydrogen-bond donors (Lipinski definition) is 3. The van der Waals surface area contributed by atoms with E-state index in [0.717, 1.165) is 37.2 Å². The van der Waals surface area contributed by atoms with E-state index >= 15 is 0 Å². The number of nitrogens with one attached hydrogen (secondary N) is 2. The smallest absolute Gasteiger partial charge is 0.240 e. The van der Waals surface area contributed by atoms with Crippen molar-refractivity contribution in [2.45, 2.75) is 39.2 Å². The largest absolute Gasteiger partial charge is 0.325 e. The number of hydrogen-bond acceptors (Lipinski definition) is 4. The van der Waals surface area contributed by atoms with E-state index in [1.54, 1.807) is 19.1 Å². The average Bonchev–Trinajstić information content (AvgIpc) is 2.51. The highest BCUT2D eigenvalue weighted by Crippen LogP contribution is 2.20. The van der Waals surface area contributed by atoms with Gasteiger partial charge in [-0.15, -0.1) is 24.8 Å². The van der Waals surface area contributed by atoms with Crippen LogP contribution >= 0.6 is 24.8 Å². The molecule has 0 unspecified atom stereocenters. The Bertz CT molecular complexity index is 576. The summed E-state index contributed by atoms with van der Waals surface area (Å²) < 4.78 is 0. The lowest BCUT2D eigenvalue weighted by atomic mass is 10.1. The van der Waals surface area contributed by atoms with Gasteiger partial charge in [0.05, 0.1) is 12.6 Å². The summed E-state index contributed by atoms with van der Waals surface area (Å²) in [5.74, 6) is -0.273. The van der Waals surface area contributed by atoms with Crippen LogP contribution in [0.4, 0.5) is 11.4 Å². The summed E-state index contributed by atoms with van der Waals surface area (Å²) in [6.45, 7) is 5.93. The number of anilines is 2. The van der Waals surface area contributed by atoms with Crippen LogP contribution in [0.15, 0.2) is 18.2 Å². The maximum atomic E-state index is 12.2. The summed E-state index contributed by atoms with van der Waals surface area (Å²) in [5, 5.41) is 5.68. The van der Waals surface area contributed by atoms with Crippen molar-refractivity contribution < 1.29 is 9.59 Å². The van der Waals surface area contributed by atoms with Gasteiger partial charge in [-0.25, -0.2) is 0 Å². The molecule has 2 rings (SSSR count). The van der Waals surface area contributed by atoms with Gasteiger partial charge in [0.2, 0.25) is 11.8 Å². The maximum absolute atomic E-state index is 12.2. The summed E-state index contributed by atoms with van der Waals surface area (Å²) >= 11 is 0. The Labute approximate surface area is 161 Å². The van der Waals surface area contributed by atoms with E-state index in [-0.39, 0.29) is 36.6 Å². The number of nitrogens with two attached hydrogens (primary N) is 1. The van der Waals surface area contributed by atoms with Crippen LogP contribution in [-0.2, 0) is 9.59 Å². The summed E-state index contributed by atoms with van der Waals surface area (Å²) in [6, 6.07) is 4.86. The quantitative estimate of drug-likeness (QED) is 0.720. The van der Waals surface area contributed by atoms with Gasteiger partial charge in [-0.05, 0) is 57.5 Å². The minimum absolute atomic E-state index is 0. The summed E-state index contributed by atoms with van der Waals surface area (Å²) in [5.41, 5.74) is 7.85. The van der Waals surface area contributed by atoms with Crippen molar-refractivity contribution >= 4 is 48.0 Å². The van der Waals surface area contributed by atoms with Gasteiger partial charge in [0.15, 0.2) is 0 Å². The first kappa shape index (κ1) is 23.7. The molecule has 1 aromatic carbocycles. The fraction of sp³-hybridized carbons (Fsp3) is 0.529. The molecule has 0 bridgehead atoms. The SMILES string of the molecule is Cc1ccc(NC(=O)[C@@H](C)N)cc1NC(=O)CN1CCCCC1.Cl.Cl. The van der Waals surface area contributed by atoms with E-state index in [9.17, 15) is 9.59 Å². The first-order valence-electron chi connectivity index (χ1n) is 8.15. The predicted octanol–water partition coefficient (Wildman–Crippen LogP) is 2.55. The Hall–Kier alpha value is -1.34. The van der Waals surface area contributed by atoms with Gasteiger partial charge >= 0.3 is 0 Å². The van der Waals surface area contributed by atoms with E-state index in [0.29, 0.717) is 12.2 Å². The average molecular weight is 391 g/mol. The van der Waals surface area contributed by atoms with Crippen molar-refractivity contribution in [3.63, 3.8) is 0 Å². The van der Waals surface area contributed by atoms with Crippen LogP contribution in [0.25, 0.3) is 0 Å². The van der Waals surface area contributed by atoms with Crippen LogP contribution in [0, 0.1) is 6.92 Å². The molecule has 1 atom stereocenters. The van der Waals surface area contributed by atoms with Crippen molar-refractivity contribution in [2.24, 2.45) is 5.73 Å². The molecule has 0 aliphatic carbocycles. The Morgan fingerprint density at radius 1 is 1.16 bits per heavy atom. The number of amides is 2. The third-order valence-electron chi connectivity index (χ3n) is 4.01. The van der Waals surface area contributed by atoms with Crippen LogP contribution in [0.3, 0.4) is 0 Å². The minimum Gasteiger partial charge on any atom is -0.325 e. The van der Waals surface area contributed by atoms with Crippen LogP contribution in [0.2, 0.25) is 0 Å². The lowest BCUT2D eigenvalue weighted by Gasteiger charge is -2.25. The van der Waals surface area contributed by atoms with E-state index in [1.165, 1.54) is 6.42 Å². The molecule has 25 heavy (non-hydrogen) atoms. The predicted molar refractivity (Wildman–Crippen MR) is 107 cm³/mol. The fourth-order valence-electron chi connectivity index (χ4n) is 2.60. The molecule has 1 saturated heterocycles. The highest BCUT2D eigenvalue weighted by Gasteiger charge is 2.15. The number of likely N-dealkylation sites (tertiary alicyclic amines) is 1. The maximum Gasteiger partial charge on any atom is 0.240 e. The lowest BCUT2D eigenvalue weighted by molar-refractivity contribution is -0.118. The van der Waals surface area contributed by atoms with E-state index < -0.39 is 6.04 Å². The molecule has 1 aromatic rings. The van der Waals surface area contributed by atoms with Gasteiger partial charge in [0.1, 0.15) is 0 Å². The third kappa shape index (κ3) is 7.61. The number of carbonyl (C=O) groups is 2. The zero-order chi connectivity index (χ0) is 16.8. The Balaban J connectivity index is 0.00000288. The first-order chi connectivity index (χ1) is 11.0. The van der Waals surface area contributed by atoms with Gasteiger partial charge in [-0.2, -0.15) is 0 Å². The van der Waals surface area contributed by atoms with Crippen molar-refractivity contribution in [2.75, 3.05) is 30.3 Å². The normalized spacial score (nSPS) is 15.3. The molecule has 0 aromatic heterocycles. The lowest BCUT2D eigenvalue weighted by Crippen LogP contribution is -2.37. The standard InChI is InChI=1S/C17H26N4O2.2ClH/c1-12-6-7-14(19-17(23)13(2)18)10-15(12)20-16(22)11-21-8-4-3-5-9-21;;/h6-7,10,13H,3-5,8-9,11,18H2,1-2H3,(H,19,23)(H,20,22);2*1H/t13-;;/m1../s1. The van der Waals surface area contributed by atoms with Crippen LogP contribution in [0.1, 0.15) is 31.7 Å². The summed E-state index contributed by atoms with van der Waals surface area (Å²) in [4.78, 5) is 26.1. The first-order valence-corrected chi connectivity index (χ1v) is 8.15. The van der Waals surface area contributed by atoms with Crippen LogP contribution in [0.5, 0.6) is 0 Å². The molecule has 1 fully saturated rings. The Kier molecular flexibility index (Phi) is 10.7. The second kappa shape index (κ2) is 11.3. The van der Waals surface area contributed by atoms with Gasteiger partial charge in [-0.1, -0.05) is 12.5 Å². The molecule has 0 radical (unpaired) electrons. The Morgan fingerprint density at radius 2 is 1.80 bits per heavy atom. The highest BCUT2D eigenvalue weighted by molar-refractivity contribution is 5.97. The number of benzene rings is 1. The molecule has 1 heterocycles. The highest BCUT2D eigenvalue weighted by atomic mass is 35.5. The fourth-order valence-corrected chi connectivity index (χ4v) is 2.60. The van der Waals surface area contributed by atoms with Crippen LogP contribution < -0.4 is 16.4 Å². The molecular weight excluding hydrogens is 363 g/mol. The molecule has 1 aliphatic rings. The number of rotatable bonds is 5. The Morgan fingerprint density at radius 3 is 2.40 bits per heavy atom. The van der Waals surface area contributed by atoms with Crippen molar-refractivity contribution in [1.82, 2.24) is 4.90 Å². The summed E-state index contributed by atoms with van der Waals surface area (Å²) in [7, 11) is 0. The summed E-state index contributed by atoms with van der Waals surface area (Å²) in [6.07, 6.45) is 3.56. The van der Waals surface area contributed by atoms with Gasteiger partial charge < -0.3 is 16.4 Å². The van der Waals surface area contributed by atoms with Crippen molar-refractivity contribution in [3.05, 3.63) is 23.8 Å². The molecule has 1 aliphatic heterocycles. The molecule has 8 heteroatoms. The van der Waals surface area contributed by atoms with E-state index in [4.69, 9.17) is 5.73 Å². The molecule has 142 valence electrons. The number of halogens is 2. The van der Waals surface area contributed by atoms with Gasteiger partial charge in [0.25, 0.3) is 0 Å². The van der Waals surface area contributed by atoms with E-state index in [2.05, 4.69) is 15.5 Å². The third-order valence-corrected chi connectivity index (χ3v) is 4.01. The number of aryl methyl sites for hydroxylation is 1. The zero-order valence-corrected chi connectivity index (χ0v) is 16.3. The van der Waals surface area contributed by atoms with Gasteiger partial charge in [0, 0.05) is 11.4 Å². The number of carbonyl (C=O) groups excluding carboxylic acids is 2. The van der Waals surface area contributed by atoms with Gasteiger partial charge in [-0.3, -0.25) is 14.5 Å². The minimum atomic E-state index is -0.576. The molecule has 0 spiro atoms. The second-order valence-corrected chi connectivity index (χ2v) is 6.19. The zero-order valence-electron chi connectivity index (χ0n) is 14.7. The number of nitrogens with zero attached hydrogens (tertiary/aromatic N) is 1. The second-order valence-electron chi connectivity index (χ2n) is 6.19. The van der Waals surface area contributed by atoms with E-state index in [1.807, 2.05) is 13.0 Å². The molecule has 6 nitrogen and oxygen atoms in total. The monoisotopic (exact) mass is 390 g/mol. The van der Waals surface area contributed by atoms with Crippen LogP contribution in [-0.4, -0.2) is 42.4 Å². The molecular formula is C17H28Cl2N4O2. The molecule has 4 N–H and O–H groups in total. The van der Waals surface area contributed by atoms with Crippen molar-refractivity contribution in [1.29, 1.82) is 0 Å². The number of piperidine rings is 1. The molecule has 0 saturated carbocycles.